The van der Waals surface area contributed by atoms with E-state index < -0.39 is 0 Å². The number of nitrogens with zero attached hydrogens (tertiary/aromatic N) is 3. The molecule has 0 fully saturated rings. The van der Waals surface area contributed by atoms with Crippen molar-refractivity contribution in [2.24, 2.45) is 11.7 Å². The maximum absolute atomic E-state index is 5.76. The van der Waals surface area contributed by atoms with Gasteiger partial charge in [-0.1, -0.05) is 38.1 Å². The summed E-state index contributed by atoms with van der Waals surface area (Å²) < 4.78 is 2.12. The van der Waals surface area contributed by atoms with Gasteiger partial charge in [0.1, 0.15) is 12.2 Å². The number of rotatable bonds is 5. The van der Waals surface area contributed by atoms with Crippen LogP contribution in [0.4, 0.5) is 0 Å². The van der Waals surface area contributed by atoms with E-state index in [1.54, 1.807) is 6.33 Å². The minimum atomic E-state index is 0.564. The molecule has 1 heterocycles. The summed E-state index contributed by atoms with van der Waals surface area (Å²) in [6.07, 6.45) is 2.60. The lowest BCUT2D eigenvalue weighted by atomic mass is 10.0. The molecule has 2 rings (SSSR count). The Balaban J connectivity index is 2.21. The van der Waals surface area contributed by atoms with E-state index in [9.17, 15) is 0 Å². The van der Waals surface area contributed by atoms with Crippen molar-refractivity contribution in [3.05, 3.63) is 47.5 Å². The van der Waals surface area contributed by atoms with Crippen molar-refractivity contribution in [1.29, 1.82) is 0 Å². The van der Waals surface area contributed by atoms with Gasteiger partial charge in [0.15, 0.2) is 0 Å². The van der Waals surface area contributed by atoms with Crippen LogP contribution in [0.1, 0.15) is 30.8 Å². The Morgan fingerprint density at radius 3 is 2.61 bits per heavy atom. The molecule has 0 atom stereocenters. The zero-order valence-electron chi connectivity index (χ0n) is 11.0. The number of hydrogen-bond donors (Lipinski definition) is 1. The van der Waals surface area contributed by atoms with Crippen molar-refractivity contribution in [2.75, 3.05) is 0 Å². The molecule has 0 unspecified atom stereocenters. The number of aromatic nitrogens is 3. The SMILES string of the molecule is CC(C)Cn1cnnc1Cc1ccccc1CN. The number of nitrogens with two attached hydrogens (primary N) is 1. The van der Waals surface area contributed by atoms with Crippen molar-refractivity contribution >= 4 is 0 Å². The molecule has 2 aromatic rings. The van der Waals surface area contributed by atoms with Gasteiger partial charge in [-0.3, -0.25) is 0 Å². The van der Waals surface area contributed by atoms with Gasteiger partial charge < -0.3 is 10.3 Å². The van der Waals surface area contributed by atoms with Crippen LogP contribution in [0.15, 0.2) is 30.6 Å². The second-order valence-corrected chi connectivity index (χ2v) is 4.94. The second kappa shape index (κ2) is 5.78. The molecule has 2 N–H and O–H groups in total. The maximum Gasteiger partial charge on any atom is 0.137 e. The van der Waals surface area contributed by atoms with Gasteiger partial charge in [0, 0.05) is 19.5 Å². The highest BCUT2D eigenvalue weighted by Gasteiger charge is 2.09. The predicted octanol–water partition coefficient (Wildman–Crippen LogP) is 1.98. The summed E-state index contributed by atoms with van der Waals surface area (Å²) >= 11 is 0. The fourth-order valence-electron chi connectivity index (χ4n) is 2.06. The Bertz CT molecular complexity index is 502. The average Bonchev–Trinajstić information content (AvgIpc) is 2.76. The van der Waals surface area contributed by atoms with Crippen LogP contribution in [0, 0.1) is 5.92 Å². The molecule has 1 aromatic heterocycles. The summed E-state index contributed by atoms with van der Waals surface area (Å²) in [4.78, 5) is 0. The zero-order valence-corrected chi connectivity index (χ0v) is 11.0. The summed E-state index contributed by atoms with van der Waals surface area (Å²) in [7, 11) is 0. The van der Waals surface area contributed by atoms with Crippen LogP contribution in [-0.2, 0) is 19.5 Å². The van der Waals surface area contributed by atoms with Crippen molar-refractivity contribution in [2.45, 2.75) is 33.4 Å². The van der Waals surface area contributed by atoms with Crippen molar-refractivity contribution < 1.29 is 0 Å². The molecule has 0 saturated carbocycles. The summed E-state index contributed by atoms with van der Waals surface area (Å²) in [6, 6.07) is 8.23. The summed E-state index contributed by atoms with van der Waals surface area (Å²) in [5.74, 6) is 1.59. The van der Waals surface area contributed by atoms with Crippen LogP contribution in [0.25, 0.3) is 0 Å². The van der Waals surface area contributed by atoms with E-state index in [1.165, 1.54) is 11.1 Å². The van der Waals surface area contributed by atoms with Gasteiger partial charge >= 0.3 is 0 Å². The Kier molecular flexibility index (Phi) is 4.10. The van der Waals surface area contributed by atoms with Crippen LogP contribution in [0.5, 0.6) is 0 Å². The Morgan fingerprint density at radius 1 is 1.22 bits per heavy atom. The van der Waals surface area contributed by atoms with E-state index in [0.29, 0.717) is 12.5 Å². The van der Waals surface area contributed by atoms with E-state index in [-0.39, 0.29) is 0 Å². The predicted molar refractivity (Wildman–Crippen MR) is 72.0 cm³/mol. The molecule has 0 saturated heterocycles. The lowest BCUT2D eigenvalue weighted by Crippen LogP contribution is -2.10. The zero-order chi connectivity index (χ0) is 13.0. The molecule has 0 radical (unpaired) electrons. The van der Waals surface area contributed by atoms with Crippen LogP contribution in [0.3, 0.4) is 0 Å². The second-order valence-electron chi connectivity index (χ2n) is 4.94. The van der Waals surface area contributed by atoms with Gasteiger partial charge in [0.25, 0.3) is 0 Å². The van der Waals surface area contributed by atoms with Crippen molar-refractivity contribution in [3.8, 4) is 0 Å². The average molecular weight is 244 g/mol. The van der Waals surface area contributed by atoms with Crippen LogP contribution in [0.2, 0.25) is 0 Å². The fourth-order valence-corrected chi connectivity index (χ4v) is 2.06. The minimum Gasteiger partial charge on any atom is -0.326 e. The highest BCUT2D eigenvalue weighted by molar-refractivity contribution is 5.29. The summed E-state index contributed by atoms with van der Waals surface area (Å²) in [5, 5.41) is 8.22. The monoisotopic (exact) mass is 244 g/mol. The third kappa shape index (κ3) is 2.96. The molecule has 0 aliphatic carbocycles. The van der Waals surface area contributed by atoms with Gasteiger partial charge in [0.2, 0.25) is 0 Å². The third-order valence-electron chi connectivity index (χ3n) is 2.94. The molecule has 0 bridgehead atoms. The van der Waals surface area contributed by atoms with E-state index in [2.05, 4.69) is 40.7 Å². The maximum atomic E-state index is 5.76. The normalized spacial score (nSPS) is 11.1. The van der Waals surface area contributed by atoms with E-state index >= 15 is 0 Å². The molecule has 0 aliphatic rings. The quantitative estimate of drug-likeness (QED) is 0.875. The van der Waals surface area contributed by atoms with Crippen molar-refractivity contribution in [1.82, 2.24) is 14.8 Å². The largest absolute Gasteiger partial charge is 0.326 e. The first-order valence-corrected chi connectivity index (χ1v) is 6.34. The molecular formula is C14H20N4. The molecule has 4 nitrogen and oxygen atoms in total. The molecule has 18 heavy (non-hydrogen) atoms. The fraction of sp³-hybridized carbons (Fsp3) is 0.429. The molecule has 0 amide bonds. The lowest BCUT2D eigenvalue weighted by molar-refractivity contribution is 0.509. The highest BCUT2D eigenvalue weighted by atomic mass is 15.3. The molecule has 1 aromatic carbocycles. The van der Waals surface area contributed by atoms with Gasteiger partial charge in [-0.05, 0) is 17.0 Å². The molecule has 0 aliphatic heterocycles. The summed E-state index contributed by atoms with van der Waals surface area (Å²) in [5.41, 5.74) is 8.17. The summed E-state index contributed by atoms with van der Waals surface area (Å²) in [6.45, 7) is 5.90. The number of hydrogen-bond acceptors (Lipinski definition) is 3. The van der Waals surface area contributed by atoms with Gasteiger partial charge in [-0.15, -0.1) is 10.2 Å². The lowest BCUT2D eigenvalue weighted by Gasteiger charge is -2.11. The molecule has 0 spiro atoms. The smallest absolute Gasteiger partial charge is 0.137 e. The Labute approximate surface area is 108 Å². The third-order valence-corrected chi connectivity index (χ3v) is 2.94. The van der Waals surface area contributed by atoms with Crippen molar-refractivity contribution in [3.63, 3.8) is 0 Å². The van der Waals surface area contributed by atoms with Gasteiger partial charge in [0.05, 0.1) is 0 Å². The van der Waals surface area contributed by atoms with Crippen LogP contribution < -0.4 is 5.73 Å². The van der Waals surface area contributed by atoms with Gasteiger partial charge in [-0.25, -0.2) is 0 Å². The first-order chi connectivity index (χ1) is 8.70. The van der Waals surface area contributed by atoms with E-state index in [1.807, 2.05) is 12.1 Å². The highest BCUT2D eigenvalue weighted by Crippen LogP contribution is 2.13. The Hall–Kier alpha value is -1.68. The van der Waals surface area contributed by atoms with E-state index in [0.717, 1.165) is 18.8 Å². The molecule has 96 valence electrons. The number of benzene rings is 1. The van der Waals surface area contributed by atoms with Crippen LogP contribution >= 0.6 is 0 Å². The molecular weight excluding hydrogens is 224 g/mol. The van der Waals surface area contributed by atoms with Gasteiger partial charge in [-0.2, -0.15) is 0 Å². The molecule has 4 heteroatoms. The van der Waals surface area contributed by atoms with E-state index in [4.69, 9.17) is 5.73 Å². The topological polar surface area (TPSA) is 56.7 Å². The standard InChI is InChI=1S/C14H20N4/c1-11(2)9-18-10-16-17-14(18)7-12-5-3-4-6-13(12)8-15/h3-6,10-11H,7-9,15H2,1-2H3. The first kappa shape index (κ1) is 12.8. The Morgan fingerprint density at radius 2 is 1.94 bits per heavy atom. The van der Waals surface area contributed by atoms with Crippen LogP contribution in [-0.4, -0.2) is 14.8 Å². The first-order valence-electron chi connectivity index (χ1n) is 6.34. The minimum absolute atomic E-state index is 0.564.